The molecule has 0 radical (unpaired) electrons. The minimum Gasteiger partial charge on any atom is -0.359 e. The summed E-state index contributed by atoms with van der Waals surface area (Å²) in [5, 5.41) is 7.23. The first kappa shape index (κ1) is 28.5. The average molecular weight is 614 g/mol. The zero-order valence-corrected chi connectivity index (χ0v) is 25.5. The first-order chi connectivity index (χ1) is 19.6. The maximum atomic E-state index is 13.4. The molecule has 1 amide bonds. The molecule has 0 atom stereocenters. The van der Waals surface area contributed by atoms with E-state index < -0.39 is 9.84 Å². The van der Waals surface area contributed by atoms with Crippen molar-refractivity contribution >= 4 is 56.3 Å². The number of carbonyl (C=O) groups excluding carboxylic acids is 1. The molecule has 0 unspecified atom stereocenters. The molecule has 3 heterocycles. The normalized spacial score (nSPS) is 19.1. The lowest BCUT2D eigenvalue weighted by Gasteiger charge is -2.32. The Hall–Kier alpha value is -2.62. The van der Waals surface area contributed by atoms with Crippen LogP contribution in [0.2, 0.25) is 10.0 Å². The second-order valence-electron chi connectivity index (χ2n) is 11.4. The van der Waals surface area contributed by atoms with E-state index in [2.05, 4.69) is 34.4 Å². The Morgan fingerprint density at radius 1 is 1.00 bits per heavy atom. The Morgan fingerprint density at radius 3 is 2.37 bits per heavy atom. The number of aryl methyl sites for hydroxylation is 1. The van der Waals surface area contributed by atoms with Gasteiger partial charge in [0, 0.05) is 56.9 Å². The molecule has 6 rings (SSSR count). The second kappa shape index (κ2) is 11.2. The zero-order valence-electron chi connectivity index (χ0n) is 23.2. The van der Waals surface area contributed by atoms with Crippen molar-refractivity contribution in [3.63, 3.8) is 0 Å². The first-order valence-electron chi connectivity index (χ1n) is 14.1. The molecule has 1 saturated carbocycles. The number of aromatic nitrogens is 1. The van der Waals surface area contributed by atoms with E-state index in [1.165, 1.54) is 37.3 Å². The SMILES string of the molecule is Cc1[nH]c(/C=C2\C(=O)Nc3ccc(S(=O)(=O)Cc4c(Cl)cccc4Cl)cc32)c(C)c1CN1CCC(NC2CC2)CC1. The summed E-state index contributed by atoms with van der Waals surface area (Å²) in [6.07, 6.45) is 6.80. The fourth-order valence-electron chi connectivity index (χ4n) is 5.85. The number of halogens is 2. The number of benzene rings is 2. The van der Waals surface area contributed by atoms with E-state index in [0.717, 1.165) is 42.6 Å². The molecule has 0 bridgehead atoms. The average Bonchev–Trinajstić information content (AvgIpc) is 3.65. The van der Waals surface area contributed by atoms with Crippen molar-refractivity contribution in [3.05, 3.63) is 80.1 Å². The zero-order chi connectivity index (χ0) is 28.9. The van der Waals surface area contributed by atoms with Crippen molar-refractivity contribution < 1.29 is 13.2 Å². The maximum Gasteiger partial charge on any atom is 0.256 e. The molecule has 2 aliphatic heterocycles. The van der Waals surface area contributed by atoms with E-state index in [0.29, 0.717) is 38.5 Å². The van der Waals surface area contributed by atoms with Crippen molar-refractivity contribution in [1.82, 2.24) is 15.2 Å². The molecule has 1 aromatic heterocycles. The number of nitrogens with one attached hydrogen (secondary N) is 3. The number of hydrogen-bond acceptors (Lipinski definition) is 5. The van der Waals surface area contributed by atoms with Crippen molar-refractivity contribution in [1.29, 1.82) is 0 Å². The summed E-state index contributed by atoms with van der Waals surface area (Å²) < 4.78 is 26.7. The van der Waals surface area contributed by atoms with Crippen LogP contribution in [-0.2, 0) is 26.9 Å². The highest BCUT2D eigenvalue weighted by Crippen LogP contribution is 2.37. The number of hydrogen-bond donors (Lipinski definition) is 3. The lowest BCUT2D eigenvalue weighted by atomic mass is 10.0. The van der Waals surface area contributed by atoms with Crippen LogP contribution in [0.4, 0.5) is 5.69 Å². The summed E-state index contributed by atoms with van der Waals surface area (Å²) in [4.78, 5) is 19.1. The standard InChI is InChI=1S/C31H34Cl2N4O3S/c1-18-25(16-37-12-10-21(11-13-37)35-20-6-7-20)19(2)34-30(18)15-24-23-14-22(8-9-29(23)36-31(24)38)41(39,40)17-26-27(32)4-3-5-28(26)33/h3-5,8-9,14-15,20-21,34-35H,6-7,10-13,16-17H2,1-2H3,(H,36,38)/b24-15-. The fourth-order valence-corrected chi connectivity index (χ4v) is 7.97. The summed E-state index contributed by atoms with van der Waals surface area (Å²) in [7, 11) is -3.78. The summed E-state index contributed by atoms with van der Waals surface area (Å²) in [5.41, 5.74) is 6.21. The van der Waals surface area contributed by atoms with Crippen molar-refractivity contribution in [2.24, 2.45) is 0 Å². The Balaban J connectivity index is 1.23. The third kappa shape index (κ3) is 5.99. The van der Waals surface area contributed by atoms with Crippen molar-refractivity contribution in [2.75, 3.05) is 18.4 Å². The number of fused-ring (bicyclic) bond motifs is 1. The van der Waals surface area contributed by atoms with E-state index in [-0.39, 0.29) is 16.6 Å². The minimum atomic E-state index is -3.78. The summed E-state index contributed by atoms with van der Waals surface area (Å²) >= 11 is 12.5. The number of nitrogens with zero attached hydrogens (tertiary/aromatic N) is 1. The van der Waals surface area contributed by atoms with E-state index in [9.17, 15) is 13.2 Å². The minimum absolute atomic E-state index is 0.106. The predicted octanol–water partition coefficient (Wildman–Crippen LogP) is 6.12. The van der Waals surface area contributed by atoms with Crippen molar-refractivity contribution in [2.45, 2.75) is 68.8 Å². The van der Waals surface area contributed by atoms with Crippen LogP contribution in [-0.4, -0.2) is 49.4 Å². The smallest absolute Gasteiger partial charge is 0.256 e. The molecule has 0 spiro atoms. The van der Waals surface area contributed by atoms with Crippen LogP contribution in [0.15, 0.2) is 41.3 Å². The molecule has 2 aromatic carbocycles. The van der Waals surface area contributed by atoms with Crippen LogP contribution in [0, 0.1) is 13.8 Å². The summed E-state index contributed by atoms with van der Waals surface area (Å²) in [6, 6.07) is 11.0. The van der Waals surface area contributed by atoms with Crippen LogP contribution in [0.3, 0.4) is 0 Å². The molecular weight excluding hydrogens is 579 g/mol. The molecule has 3 N–H and O–H groups in total. The van der Waals surface area contributed by atoms with E-state index >= 15 is 0 Å². The Labute approximate surface area is 251 Å². The van der Waals surface area contributed by atoms with Gasteiger partial charge < -0.3 is 15.6 Å². The molecule has 7 nitrogen and oxygen atoms in total. The number of piperidine rings is 1. The quantitative estimate of drug-likeness (QED) is 0.266. The molecular formula is C31H34Cl2N4O3S. The van der Waals surface area contributed by atoms with Gasteiger partial charge >= 0.3 is 0 Å². The Kier molecular flexibility index (Phi) is 7.80. The predicted molar refractivity (Wildman–Crippen MR) is 165 cm³/mol. The molecule has 3 aliphatic rings. The van der Waals surface area contributed by atoms with Crippen LogP contribution in [0.1, 0.15) is 59.3 Å². The highest BCUT2D eigenvalue weighted by Gasteiger charge is 2.30. The number of anilines is 1. The van der Waals surface area contributed by atoms with Gasteiger partial charge in [-0.2, -0.15) is 0 Å². The molecule has 41 heavy (non-hydrogen) atoms. The van der Waals surface area contributed by atoms with Crippen LogP contribution in [0.5, 0.6) is 0 Å². The molecule has 10 heteroatoms. The number of rotatable bonds is 8. The highest BCUT2D eigenvalue weighted by molar-refractivity contribution is 7.90. The molecule has 2 fully saturated rings. The first-order valence-corrected chi connectivity index (χ1v) is 16.5. The third-order valence-corrected chi connectivity index (χ3v) is 10.8. The second-order valence-corrected chi connectivity index (χ2v) is 14.2. The number of likely N-dealkylation sites (tertiary alicyclic amines) is 1. The van der Waals surface area contributed by atoms with Crippen LogP contribution in [0.25, 0.3) is 11.6 Å². The van der Waals surface area contributed by atoms with Gasteiger partial charge in [-0.15, -0.1) is 0 Å². The van der Waals surface area contributed by atoms with E-state index in [4.69, 9.17) is 23.2 Å². The largest absolute Gasteiger partial charge is 0.359 e. The Morgan fingerprint density at radius 2 is 1.68 bits per heavy atom. The fraction of sp³-hybridized carbons (Fsp3) is 0.387. The number of aromatic amines is 1. The molecule has 1 saturated heterocycles. The maximum absolute atomic E-state index is 13.4. The lowest BCUT2D eigenvalue weighted by molar-refractivity contribution is -0.110. The Bertz CT molecular complexity index is 1630. The highest BCUT2D eigenvalue weighted by atomic mass is 35.5. The van der Waals surface area contributed by atoms with Gasteiger partial charge in [0.25, 0.3) is 5.91 Å². The number of carbonyl (C=O) groups is 1. The van der Waals surface area contributed by atoms with Gasteiger partial charge in [0.15, 0.2) is 9.84 Å². The lowest BCUT2D eigenvalue weighted by Crippen LogP contribution is -2.42. The van der Waals surface area contributed by atoms with Gasteiger partial charge in [0.1, 0.15) is 0 Å². The topological polar surface area (TPSA) is 94.3 Å². The van der Waals surface area contributed by atoms with Gasteiger partial charge in [-0.3, -0.25) is 9.69 Å². The monoisotopic (exact) mass is 612 g/mol. The van der Waals surface area contributed by atoms with Gasteiger partial charge in [0.05, 0.1) is 16.2 Å². The number of sulfone groups is 1. The van der Waals surface area contributed by atoms with Gasteiger partial charge in [-0.25, -0.2) is 8.42 Å². The summed E-state index contributed by atoms with van der Waals surface area (Å²) in [6.45, 7) is 7.14. The number of H-pyrrole nitrogens is 1. The van der Waals surface area contributed by atoms with E-state index in [1.807, 2.05) is 6.08 Å². The third-order valence-electron chi connectivity index (χ3n) is 8.47. The van der Waals surface area contributed by atoms with Gasteiger partial charge in [-0.1, -0.05) is 29.3 Å². The van der Waals surface area contributed by atoms with E-state index in [1.54, 1.807) is 30.3 Å². The molecule has 3 aromatic rings. The summed E-state index contributed by atoms with van der Waals surface area (Å²) in [5.74, 6) is -0.598. The van der Waals surface area contributed by atoms with Crippen LogP contribution < -0.4 is 10.6 Å². The van der Waals surface area contributed by atoms with Gasteiger partial charge in [-0.05, 0) is 100 Å². The van der Waals surface area contributed by atoms with Gasteiger partial charge in [0.2, 0.25) is 0 Å². The van der Waals surface area contributed by atoms with Crippen molar-refractivity contribution in [3.8, 4) is 0 Å². The number of amides is 1. The molecule has 1 aliphatic carbocycles. The van der Waals surface area contributed by atoms with Crippen LogP contribution >= 0.6 is 23.2 Å². The molecule has 216 valence electrons.